The lowest BCUT2D eigenvalue weighted by atomic mass is 9.80. The number of hydrogen-bond acceptors (Lipinski definition) is 6. The predicted octanol–water partition coefficient (Wildman–Crippen LogP) is 6.18. The van der Waals surface area contributed by atoms with Crippen LogP contribution in [0.4, 0.5) is 22.0 Å². The number of pyridine rings is 1. The molecule has 0 bridgehead atoms. The summed E-state index contributed by atoms with van der Waals surface area (Å²) in [4.78, 5) is 30.8. The van der Waals surface area contributed by atoms with Crippen molar-refractivity contribution in [1.29, 1.82) is 0 Å². The Morgan fingerprint density at radius 2 is 1.82 bits per heavy atom. The number of benzene rings is 3. The number of nitrogens with zero attached hydrogens (tertiary/aromatic N) is 3. The number of hydrogen-bond donors (Lipinski definition) is 3. The Labute approximate surface area is 285 Å². The fraction of sp³-hybridized carbons (Fsp3) is 0.257. The maximum Gasteiger partial charge on any atom is 0.418 e. The summed E-state index contributed by atoms with van der Waals surface area (Å²) in [5, 5.41) is 18.8. The Hall–Kier alpha value is -5.08. The molecule has 1 saturated carbocycles. The SMILES string of the molecule is C[C@]1(C(N)=O)COc2c1cc([C@@](O)(CNC(=O)c1cc(C(F)(F)F)c3nn(C4CC4)cc3c1)c1ccccc1)nc2-c1cc(Cl)c(F)cc1F. The molecule has 3 heterocycles. The Kier molecular flexibility index (Phi) is 7.86. The molecule has 50 heavy (non-hydrogen) atoms. The van der Waals surface area contributed by atoms with Crippen molar-refractivity contribution in [2.45, 2.75) is 43.0 Å². The van der Waals surface area contributed by atoms with Crippen LogP contribution in [0.2, 0.25) is 5.02 Å². The van der Waals surface area contributed by atoms with Crippen LogP contribution in [-0.4, -0.2) is 44.8 Å². The lowest BCUT2D eigenvalue weighted by Gasteiger charge is -2.30. The summed E-state index contributed by atoms with van der Waals surface area (Å²) in [6.45, 7) is 0.558. The van der Waals surface area contributed by atoms with Crippen LogP contribution in [0.25, 0.3) is 22.2 Å². The Morgan fingerprint density at radius 1 is 1.10 bits per heavy atom. The molecule has 9 nitrogen and oxygen atoms in total. The number of alkyl halides is 3. The van der Waals surface area contributed by atoms with Crippen molar-refractivity contribution >= 4 is 34.3 Å². The van der Waals surface area contributed by atoms with Crippen molar-refractivity contribution in [3.8, 4) is 17.0 Å². The van der Waals surface area contributed by atoms with Crippen LogP contribution in [-0.2, 0) is 22.0 Å². The highest BCUT2D eigenvalue weighted by molar-refractivity contribution is 6.31. The maximum absolute atomic E-state index is 15.3. The van der Waals surface area contributed by atoms with Crippen molar-refractivity contribution in [3.05, 3.63) is 111 Å². The van der Waals surface area contributed by atoms with E-state index in [9.17, 15) is 32.3 Å². The second kappa shape index (κ2) is 11.8. The van der Waals surface area contributed by atoms with E-state index in [-0.39, 0.29) is 62.9 Å². The number of rotatable bonds is 8. The molecule has 15 heteroatoms. The van der Waals surface area contributed by atoms with Gasteiger partial charge in [-0.15, -0.1) is 0 Å². The quantitative estimate of drug-likeness (QED) is 0.130. The van der Waals surface area contributed by atoms with E-state index in [1.54, 1.807) is 18.2 Å². The van der Waals surface area contributed by atoms with Gasteiger partial charge in [0.1, 0.15) is 46.2 Å². The van der Waals surface area contributed by atoms with Gasteiger partial charge in [0.05, 0.1) is 28.9 Å². The number of carbonyl (C=O) groups excluding carboxylic acids is 2. The van der Waals surface area contributed by atoms with Crippen molar-refractivity contribution < 1.29 is 41.4 Å². The number of nitrogens with one attached hydrogen (secondary N) is 1. The number of amides is 2. The van der Waals surface area contributed by atoms with Crippen molar-refractivity contribution in [2.24, 2.45) is 5.73 Å². The molecule has 1 aliphatic carbocycles. The molecule has 5 aromatic rings. The summed E-state index contributed by atoms with van der Waals surface area (Å²) in [6.07, 6.45) is -1.79. The summed E-state index contributed by atoms with van der Waals surface area (Å²) in [6, 6.07) is 12.7. The van der Waals surface area contributed by atoms with Crippen LogP contribution in [0.5, 0.6) is 5.75 Å². The highest BCUT2D eigenvalue weighted by atomic mass is 35.5. The van der Waals surface area contributed by atoms with Gasteiger partial charge in [-0.25, -0.2) is 13.8 Å². The van der Waals surface area contributed by atoms with E-state index in [0.29, 0.717) is 12.1 Å². The summed E-state index contributed by atoms with van der Waals surface area (Å²) in [5.41, 5.74) is -0.161. The van der Waals surface area contributed by atoms with Crippen LogP contribution in [0, 0.1) is 11.6 Å². The highest BCUT2D eigenvalue weighted by Crippen LogP contribution is 2.47. The van der Waals surface area contributed by atoms with E-state index < -0.39 is 57.8 Å². The Balaban J connectivity index is 1.34. The number of aliphatic hydroxyl groups is 1. The molecule has 0 spiro atoms. The highest BCUT2D eigenvalue weighted by Gasteiger charge is 2.46. The lowest BCUT2D eigenvalue weighted by molar-refractivity contribution is -0.136. The second-order valence-electron chi connectivity index (χ2n) is 12.7. The summed E-state index contributed by atoms with van der Waals surface area (Å²) >= 11 is 6.00. The second-order valence-corrected chi connectivity index (χ2v) is 13.1. The molecule has 2 amide bonds. The zero-order valence-corrected chi connectivity index (χ0v) is 26.9. The first-order valence-corrected chi connectivity index (χ1v) is 15.8. The van der Waals surface area contributed by atoms with Gasteiger partial charge >= 0.3 is 6.18 Å². The molecular weight excluding hydrogens is 685 g/mol. The minimum atomic E-state index is -4.82. The van der Waals surface area contributed by atoms with Crippen molar-refractivity contribution in [2.75, 3.05) is 13.2 Å². The van der Waals surface area contributed by atoms with Crippen LogP contribution in [0.1, 0.15) is 58.5 Å². The largest absolute Gasteiger partial charge is 0.489 e. The zero-order chi connectivity index (χ0) is 35.7. The minimum Gasteiger partial charge on any atom is -0.489 e. The van der Waals surface area contributed by atoms with Gasteiger partial charge in [0.15, 0.2) is 0 Å². The van der Waals surface area contributed by atoms with Crippen LogP contribution in [0.15, 0.2) is 66.9 Å². The molecule has 0 unspecified atom stereocenters. The molecule has 2 atom stereocenters. The molecule has 1 fully saturated rings. The maximum atomic E-state index is 15.3. The van der Waals surface area contributed by atoms with E-state index in [2.05, 4.69) is 15.4 Å². The van der Waals surface area contributed by atoms with E-state index in [1.165, 1.54) is 42.1 Å². The Bertz CT molecular complexity index is 2210. The molecule has 7 rings (SSSR count). The molecule has 1 aliphatic heterocycles. The van der Waals surface area contributed by atoms with Gasteiger partial charge in [0.25, 0.3) is 5.91 Å². The van der Waals surface area contributed by atoms with Crippen molar-refractivity contribution in [3.63, 3.8) is 0 Å². The van der Waals surface area contributed by atoms with E-state index in [1.807, 2.05) is 0 Å². The average molecular weight is 712 g/mol. The number of aromatic nitrogens is 3. The van der Waals surface area contributed by atoms with Gasteiger partial charge in [-0.3, -0.25) is 14.3 Å². The molecule has 0 saturated heterocycles. The van der Waals surface area contributed by atoms with Crippen LogP contribution in [0.3, 0.4) is 0 Å². The number of nitrogens with two attached hydrogens (primary N) is 1. The van der Waals surface area contributed by atoms with E-state index in [4.69, 9.17) is 22.1 Å². The lowest BCUT2D eigenvalue weighted by Crippen LogP contribution is -2.43. The standard InChI is InChI=1S/C35H27ClF5N5O4/c1-33(32(42)48)16-50-30-23(33)12-27(44-29(30)21-11-24(36)26(38)13-25(21)37)34(49,19-5-3-2-4-6-19)15-43-31(47)17-9-18-14-46(20-7-8-20)45-28(18)22(10-17)35(39,40)41/h2-6,9-14,20,49H,7-8,15-16H2,1H3,(H2,42,48)(H,43,47)/t33-,34+/m0/s1. The van der Waals surface area contributed by atoms with Gasteiger partial charge < -0.3 is 20.9 Å². The topological polar surface area (TPSA) is 132 Å². The third-order valence-corrected chi connectivity index (χ3v) is 9.47. The third kappa shape index (κ3) is 5.61. The minimum absolute atomic E-state index is 0.00687. The van der Waals surface area contributed by atoms with Gasteiger partial charge in [-0.05, 0) is 49.6 Å². The van der Waals surface area contributed by atoms with Crippen LogP contribution >= 0.6 is 11.6 Å². The first-order valence-electron chi connectivity index (χ1n) is 15.4. The summed E-state index contributed by atoms with van der Waals surface area (Å²) < 4.78 is 79.2. The van der Waals surface area contributed by atoms with Crippen LogP contribution < -0.4 is 15.8 Å². The smallest absolute Gasteiger partial charge is 0.418 e. The summed E-state index contributed by atoms with van der Waals surface area (Å²) in [5.74, 6) is -3.94. The molecule has 0 radical (unpaired) electrons. The predicted molar refractivity (Wildman–Crippen MR) is 171 cm³/mol. The molecule has 2 aromatic heterocycles. The number of fused-ring (bicyclic) bond motifs is 2. The number of primary amides is 1. The monoisotopic (exact) mass is 711 g/mol. The molecule has 258 valence electrons. The number of ether oxygens (including phenoxy) is 1. The van der Waals surface area contributed by atoms with Gasteiger partial charge in [-0.1, -0.05) is 41.9 Å². The molecule has 3 aromatic carbocycles. The zero-order valence-electron chi connectivity index (χ0n) is 26.1. The number of carbonyl (C=O) groups is 2. The fourth-order valence-corrected chi connectivity index (χ4v) is 6.24. The van der Waals surface area contributed by atoms with Gasteiger partial charge in [0, 0.05) is 34.3 Å². The third-order valence-electron chi connectivity index (χ3n) is 9.18. The first-order chi connectivity index (χ1) is 23.6. The fourth-order valence-electron chi connectivity index (χ4n) is 6.08. The van der Waals surface area contributed by atoms with Gasteiger partial charge in [0.2, 0.25) is 5.91 Å². The first kappa shape index (κ1) is 33.4. The molecule has 2 aliphatic rings. The average Bonchev–Trinajstić information content (AvgIpc) is 3.75. The van der Waals surface area contributed by atoms with Crippen molar-refractivity contribution in [1.82, 2.24) is 20.1 Å². The van der Waals surface area contributed by atoms with E-state index in [0.717, 1.165) is 18.9 Å². The van der Waals surface area contributed by atoms with Gasteiger partial charge in [-0.2, -0.15) is 18.3 Å². The molecular formula is C35H27ClF5N5O4. The summed E-state index contributed by atoms with van der Waals surface area (Å²) in [7, 11) is 0. The number of halogens is 6. The van der Waals surface area contributed by atoms with E-state index >= 15 is 4.39 Å². The molecule has 4 N–H and O–H groups in total. The Morgan fingerprint density at radius 3 is 2.48 bits per heavy atom. The normalized spacial score (nSPS) is 18.4.